The number of benzene rings is 2. The monoisotopic (exact) mass is 416 g/mol. The molecule has 2 aromatic carbocycles. The van der Waals surface area contributed by atoms with Crippen LogP contribution in [0, 0.1) is 18.3 Å². The van der Waals surface area contributed by atoms with Crippen LogP contribution in [0.4, 0.5) is 5.69 Å². The van der Waals surface area contributed by atoms with E-state index in [4.69, 9.17) is 15.1 Å². The molecule has 3 atom stereocenters. The molecule has 31 heavy (non-hydrogen) atoms. The molecule has 2 aliphatic rings. The van der Waals surface area contributed by atoms with Gasteiger partial charge in [0.2, 0.25) is 0 Å². The molecule has 5 rings (SSSR count). The van der Waals surface area contributed by atoms with Crippen molar-refractivity contribution >= 4 is 35.1 Å². The summed E-state index contributed by atoms with van der Waals surface area (Å²) in [6.07, 6.45) is 4.38. The number of piperidine rings is 1. The van der Waals surface area contributed by atoms with Gasteiger partial charge in [0.25, 0.3) is 5.91 Å². The number of H-pyrrole nitrogens is 1. The lowest BCUT2D eigenvalue weighted by Gasteiger charge is -2.27. The molecule has 0 spiro atoms. The molecular formula is C23H24N6O2. The minimum atomic E-state index is -0.0897. The van der Waals surface area contributed by atoms with Gasteiger partial charge in [-0.15, -0.1) is 0 Å². The highest BCUT2D eigenvalue weighted by atomic mass is 16.5. The molecule has 1 amide bonds. The van der Waals surface area contributed by atoms with Gasteiger partial charge < -0.3 is 20.0 Å². The van der Waals surface area contributed by atoms with E-state index in [1.165, 1.54) is 6.21 Å². The van der Waals surface area contributed by atoms with E-state index in [1.807, 2.05) is 48.2 Å². The van der Waals surface area contributed by atoms with Gasteiger partial charge in [-0.25, -0.2) is 4.98 Å². The fourth-order valence-electron chi connectivity index (χ4n) is 4.50. The minimum absolute atomic E-state index is 0.0238. The molecule has 1 aromatic heterocycles. The summed E-state index contributed by atoms with van der Waals surface area (Å²) in [4.78, 5) is 23.9. The Bertz CT molecular complexity index is 1200. The summed E-state index contributed by atoms with van der Waals surface area (Å²) in [7, 11) is 1.64. The number of nitrogens with one attached hydrogen (secondary N) is 3. The Morgan fingerprint density at radius 2 is 2.19 bits per heavy atom. The van der Waals surface area contributed by atoms with Crippen molar-refractivity contribution < 1.29 is 9.53 Å². The van der Waals surface area contributed by atoms with Gasteiger partial charge in [0, 0.05) is 18.3 Å². The molecule has 1 aliphatic carbocycles. The molecule has 2 heterocycles. The highest BCUT2D eigenvalue weighted by Gasteiger charge is 2.55. The van der Waals surface area contributed by atoms with Crippen molar-refractivity contribution in [2.75, 3.05) is 12.5 Å². The number of nitrogens with zero attached hydrogens (tertiary/aromatic N) is 3. The van der Waals surface area contributed by atoms with E-state index in [0.717, 1.165) is 47.2 Å². The van der Waals surface area contributed by atoms with E-state index in [9.17, 15) is 4.79 Å². The van der Waals surface area contributed by atoms with Crippen molar-refractivity contribution in [3.8, 4) is 5.75 Å². The van der Waals surface area contributed by atoms with Crippen molar-refractivity contribution in [1.29, 1.82) is 5.41 Å². The summed E-state index contributed by atoms with van der Waals surface area (Å²) in [5.41, 5.74) is 6.88. The molecule has 1 saturated carbocycles. The van der Waals surface area contributed by atoms with E-state index in [0.29, 0.717) is 17.2 Å². The van der Waals surface area contributed by atoms with Gasteiger partial charge in [-0.05, 0) is 49.9 Å². The molecule has 3 aromatic rings. The third-order valence-electron chi connectivity index (χ3n) is 6.10. The topological polar surface area (TPSA) is 106 Å². The highest BCUT2D eigenvalue weighted by molar-refractivity contribution is 6.14. The Balaban J connectivity index is 1.49. The molecule has 3 N–H and O–H groups in total. The number of carbonyl (C=O) groups excluding carboxylic acids is 1. The molecule has 2 fully saturated rings. The Hall–Kier alpha value is -3.68. The highest BCUT2D eigenvalue weighted by Crippen LogP contribution is 2.53. The molecule has 8 heteroatoms. The predicted octanol–water partition coefficient (Wildman–Crippen LogP) is 3.90. The van der Waals surface area contributed by atoms with E-state index in [1.54, 1.807) is 7.11 Å². The first-order valence-electron chi connectivity index (χ1n) is 10.3. The third-order valence-corrected chi connectivity index (χ3v) is 6.10. The number of hydrogen-bond donors (Lipinski definition) is 3. The summed E-state index contributed by atoms with van der Waals surface area (Å²) in [5.74, 6) is 2.08. The standard InChI is InChI=1S/C23H24N6O2/c1-13-3-5-17(28-25-8-7-24)16(9-13)23(30)29-20-10-14(20)11-21(29)22-26-18-6-4-15(31-2)12-19(18)27-22/h3-9,12,14,20-21,24,28H,10-11H2,1-2H3,(H,26,27)/b24-7?,25-8-/t14-,20-,21+/m1/s1. The predicted molar refractivity (Wildman–Crippen MR) is 120 cm³/mol. The summed E-state index contributed by atoms with van der Waals surface area (Å²) in [5, 5.41) is 11.1. The number of aromatic amines is 1. The number of rotatable bonds is 6. The summed E-state index contributed by atoms with van der Waals surface area (Å²) >= 11 is 0. The zero-order valence-electron chi connectivity index (χ0n) is 17.4. The van der Waals surface area contributed by atoms with Crippen molar-refractivity contribution in [3.63, 3.8) is 0 Å². The number of fused-ring (bicyclic) bond motifs is 2. The number of hydrazone groups is 1. The smallest absolute Gasteiger partial charge is 0.256 e. The van der Waals surface area contributed by atoms with Crippen LogP contribution in [-0.2, 0) is 0 Å². The summed E-state index contributed by atoms with van der Waals surface area (Å²) in [6, 6.07) is 11.6. The van der Waals surface area contributed by atoms with E-state index < -0.39 is 0 Å². The number of amides is 1. The van der Waals surface area contributed by atoms with Crippen LogP contribution < -0.4 is 10.2 Å². The maximum atomic E-state index is 13.7. The van der Waals surface area contributed by atoms with Crippen LogP contribution in [0.15, 0.2) is 41.5 Å². The van der Waals surface area contributed by atoms with Gasteiger partial charge in [0.1, 0.15) is 11.6 Å². The number of methoxy groups -OCH3 is 1. The number of likely N-dealkylation sites (tertiary alicyclic amines) is 1. The van der Waals surface area contributed by atoms with Gasteiger partial charge in [-0.3, -0.25) is 10.2 Å². The first kappa shape index (κ1) is 19.3. The minimum Gasteiger partial charge on any atom is -0.497 e. The Morgan fingerprint density at radius 3 is 3.00 bits per heavy atom. The van der Waals surface area contributed by atoms with Crippen molar-refractivity contribution in [3.05, 3.63) is 53.3 Å². The number of aryl methyl sites for hydroxylation is 1. The average Bonchev–Trinajstić information content (AvgIpc) is 3.24. The first-order chi connectivity index (χ1) is 15.1. The second kappa shape index (κ2) is 7.54. The Morgan fingerprint density at radius 1 is 1.32 bits per heavy atom. The number of hydrogen-bond acceptors (Lipinski definition) is 6. The zero-order chi connectivity index (χ0) is 21.5. The fourth-order valence-corrected chi connectivity index (χ4v) is 4.50. The largest absolute Gasteiger partial charge is 0.497 e. The number of carbonyl (C=O) groups is 1. The van der Waals surface area contributed by atoms with Crippen molar-refractivity contribution in [1.82, 2.24) is 14.9 Å². The number of anilines is 1. The molecule has 1 saturated heterocycles. The lowest BCUT2D eigenvalue weighted by Crippen LogP contribution is -2.34. The summed E-state index contributed by atoms with van der Waals surface area (Å²) in [6.45, 7) is 1.97. The van der Waals surface area contributed by atoms with Gasteiger partial charge in [0.05, 0.1) is 41.7 Å². The Labute approximate surface area is 179 Å². The lowest BCUT2D eigenvalue weighted by atomic mass is 10.1. The van der Waals surface area contributed by atoms with Crippen LogP contribution in [-0.4, -0.2) is 46.4 Å². The lowest BCUT2D eigenvalue weighted by molar-refractivity contribution is 0.0693. The van der Waals surface area contributed by atoms with Crippen LogP contribution in [0.2, 0.25) is 0 Å². The maximum absolute atomic E-state index is 13.7. The number of aromatic nitrogens is 2. The van der Waals surface area contributed by atoms with E-state index in [2.05, 4.69) is 15.5 Å². The third kappa shape index (κ3) is 3.43. The van der Waals surface area contributed by atoms with E-state index >= 15 is 0 Å². The molecule has 0 unspecified atom stereocenters. The van der Waals surface area contributed by atoms with Crippen LogP contribution in [0.3, 0.4) is 0 Å². The fraction of sp³-hybridized carbons (Fsp3) is 0.304. The quantitative estimate of drug-likeness (QED) is 0.418. The van der Waals surface area contributed by atoms with Gasteiger partial charge in [-0.1, -0.05) is 11.6 Å². The zero-order valence-corrected chi connectivity index (χ0v) is 17.4. The number of ether oxygens (including phenoxy) is 1. The molecule has 0 radical (unpaired) electrons. The van der Waals surface area contributed by atoms with Crippen LogP contribution in [0.5, 0.6) is 5.75 Å². The maximum Gasteiger partial charge on any atom is 0.256 e. The van der Waals surface area contributed by atoms with Crippen LogP contribution in [0.1, 0.15) is 40.6 Å². The molecule has 1 aliphatic heterocycles. The van der Waals surface area contributed by atoms with Crippen molar-refractivity contribution in [2.24, 2.45) is 11.0 Å². The molecular weight excluding hydrogens is 392 g/mol. The first-order valence-corrected chi connectivity index (χ1v) is 10.3. The van der Waals surface area contributed by atoms with Gasteiger partial charge in [-0.2, -0.15) is 5.10 Å². The summed E-state index contributed by atoms with van der Waals surface area (Å²) < 4.78 is 5.32. The van der Waals surface area contributed by atoms with Gasteiger partial charge in [0.15, 0.2) is 0 Å². The normalized spacial score (nSPS) is 22.0. The van der Waals surface area contributed by atoms with Gasteiger partial charge >= 0.3 is 0 Å². The van der Waals surface area contributed by atoms with Crippen LogP contribution in [0.25, 0.3) is 11.0 Å². The number of imidazole rings is 1. The van der Waals surface area contributed by atoms with Crippen LogP contribution >= 0.6 is 0 Å². The Kier molecular flexibility index (Phi) is 4.69. The molecule has 0 bridgehead atoms. The second-order valence-electron chi connectivity index (χ2n) is 8.14. The SMILES string of the molecule is COc1ccc2nc([C@@H]3C[C@H]4C[C@H]4N3C(=O)c3cc(C)ccc3N/N=C\C=N)[nH]c2c1. The van der Waals surface area contributed by atoms with E-state index in [-0.39, 0.29) is 18.0 Å². The average molecular weight is 416 g/mol. The second-order valence-corrected chi connectivity index (χ2v) is 8.14. The molecule has 158 valence electrons. The molecule has 8 nitrogen and oxygen atoms in total. The van der Waals surface area contributed by atoms with Crippen molar-refractivity contribution in [2.45, 2.75) is 31.8 Å².